The molecule has 1 saturated heterocycles. The van der Waals surface area contributed by atoms with Gasteiger partial charge in [0.1, 0.15) is 6.04 Å². The number of carbonyl (C=O) groups excluding carboxylic acids is 2. The Morgan fingerprint density at radius 3 is 2.43 bits per heavy atom. The molecule has 1 aromatic rings. The van der Waals surface area contributed by atoms with E-state index >= 15 is 0 Å². The molecule has 0 aliphatic carbocycles. The predicted octanol–water partition coefficient (Wildman–Crippen LogP) is 2.11. The summed E-state index contributed by atoms with van der Waals surface area (Å²) in [5, 5.41) is 2.76. The lowest BCUT2D eigenvalue weighted by Crippen LogP contribution is -2.54. The lowest BCUT2D eigenvalue weighted by molar-refractivity contribution is -0.141. The van der Waals surface area contributed by atoms with Crippen LogP contribution in [-0.4, -0.2) is 41.9 Å². The minimum atomic E-state index is -0.630. The molecule has 2 atom stereocenters. The summed E-state index contributed by atoms with van der Waals surface area (Å²) < 4.78 is 5.84. The molecular formula is C18H26N2O3. The zero-order valence-electron chi connectivity index (χ0n) is 14.0. The van der Waals surface area contributed by atoms with Gasteiger partial charge < -0.3 is 15.0 Å². The Bertz CT molecular complexity index is 512. The molecule has 0 bridgehead atoms. The molecule has 0 radical (unpaired) electrons. The molecule has 0 spiro atoms. The first-order valence-electron chi connectivity index (χ1n) is 8.29. The standard InChI is InChI=1S/C18H26N2O3/c1-14(23-13-16-9-5-3-6-10-16)17(19-15(2)21)18(22)20-11-7-4-8-12-20/h3,5-6,9-10,14,17H,4,7-8,11-13H2,1-2H3,(H,19,21). The minimum Gasteiger partial charge on any atom is -0.371 e. The fourth-order valence-electron chi connectivity index (χ4n) is 2.81. The van der Waals surface area contributed by atoms with Gasteiger partial charge in [-0.15, -0.1) is 0 Å². The second-order valence-corrected chi connectivity index (χ2v) is 6.07. The number of hydrogen-bond donors (Lipinski definition) is 1. The van der Waals surface area contributed by atoms with Gasteiger partial charge in [-0.05, 0) is 31.7 Å². The van der Waals surface area contributed by atoms with Gasteiger partial charge in [0.25, 0.3) is 0 Å². The minimum absolute atomic E-state index is 0.0412. The maximum absolute atomic E-state index is 12.7. The number of ether oxygens (including phenoxy) is 1. The molecule has 1 aliphatic heterocycles. The molecule has 0 saturated carbocycles. The van der Waals surface area contributed by atoms with Crippen LogP contribution in [0.4, 0.5) is 0 Å². The summed E-state index contributed by atoms with van der Waals surface area (Å²) in [5.74, 6) is -0.254. The molecule has 1 aliphatic rings. The zero-order chi connectivity index (χ0) is 16.7. The average molecular weight is 318 g/mol. The quantitative estimate of drug-likeness (QED) is 0.874. The van der Waals surface area contributed by atoms with Crippen molar-refractivity contribution >= 4 is 11.8 Å². The van der Waals surface area contributed by atoms with E-state index in [1.54, 1.807) is 0 Å². The van der Waals surface area contributed by atoms with Gasteiger partial charge in [0.2, 0.25) is 11.8 Å². The van der Waals surface area contributed by atoms with Gasteiger partial charge in [-0.2, -0.15) is 0 Å². The van der Waals surface area contributed by atoms with Crippen molar-refractivity contribution in [2.75, 3.05) is 13.1 Å². The van der Waals surface area contributed by atoms with Crippen LogP contribution in [0.1, 0.15) is 38.7 Å². The number of amides is 2. The molecule has 1 aromatic carbocycles. The third kappa shape index (κ3) is 5.36. The zero-order valence-corrected chi connectivity index (χ0v) is 14.0. The SMILES string of the molecule is CC(=O)NC(C(=O)N1CCCCC1)C(C)OCc1ccccc1. The van der Waals surface area contributed by atoms with Crippen molar-refractivity contribution in [2.24, 2.45) is 0 Å². The second kappa shape index (κ2) is 8.67. The van der Waals surface area contributed by atoms with Crippen LogP contribution in [0.2, 0.25) is 0 Å². The van der Waals surface area contributed by atoms with E-state index in [1.165, 1.54) is 6.92 Å². The summed E-state index contributed by atoms with van der Waals surface area (Å²) in [6, 6.07) is 9.18. The fraction of sp³-hybridized carbons (Fsp3) is 0.556. The van der Waals surface area contributed by atoms with E-state index in [2.05, 4.69) is 5.32 Å². The maximum Gasteiger partial charge on any atom is 0.247 e. The Morgan fingerprint density at radius 1 is 1.17 bits per heavy atom. The van der Waals surface area contributed by atoms with Gasteiger partial charge in [-0.3, -0.25) is 9.59 Å². The topological polar surface area (TPSA) is 58.6 Å². The molecule has 1 heterocycles. The number of rotatable bonds is 6. The fourth-order valence-corrected chi connectivity index (χ4v) is 2.81. The van der Waals surface area contributed by atoms with E-state index in [-0.39, 0.29) is 17.9 Å². The molecule has 23 heavy (non-hydrogen) atoms. The smallest absolute Gasteiger partial charge is 0.247 e. The average Bonchev–Trinajstić information content (AvgIpc) is 2.58. The molecule has 1 fully saturated rings. The predicted molar refractivity (Wildman–Crippen MR) is 88.7 cm³/mol. The third-order valence-corrected chi connectivity index (χ3v) is 4.12. The second-order valence-electron chi connectivity index (χ2n) is 6.07. The van der Waals surface area contributed by atoms with Crippen molar-refractivity contribution in [3.63, 3.8) is 0 Å². The summed E-state index contributed by atoms with van der Waals surface area (Å²) >= 11 is 0. The van der Waals surface area contributed by atoms with Crippen LogP contribution in [0.5, 0.6) is 0 Å². The van der Waals surface area contributed by atoms with E-state index in [1.807, 2.05) is 42.2 Å². The van der Waals surface area contributed by atoms with Crippen LogP contribution in [0, 0.1) is 0 Å². The number of piperidine rings is 1. The highest BCUT2D eigenvalue weighted by Gasteiger charge is 2.31. The lowest BCUT2D eigenvalue weighted by atomic mass is 10.1. The van der Waals surface area contributed by atoms with Crippen LogP contribution >= 0.6 is 0 Å². The van der Waals surface area contributed by atoms with Crippen LogP contribution in [0.15, 0.2) is 30.3 Å². The summed E-state index contributed by atoms with van der Waals surface area (Å²) in [6.45, 7) is 5.22. The first kappa shape index (κ1) is 17.5. The van der Waals surface area contributed by atoms with Gasteiger partial charge in [0, 0.05) is 20.0 Å². The lowest BCUT2D eigenvalue weighted by Gasteiger charge is -2.33. The summed E-state index contributed by atoms with van der Waals surface area (Å²) in [5.41, 5.74) is 1.05. The Balaban J connectivity index is 1.98. The number of nitrogens with one attached hydrogen (secondary N) is 1. The Morgan fingerprint density at radius 2 is 1.83 bits per heavy atom. The van der Waals surface area contributed by atoms with Crippen molar-refractivity contribution in [3.05, 3.63) is 35.9 Å². The molecule has 0 aromatic heterocycles. The van der Waals surface area contributed by atoms with Crippen molar-refractivity contribution in [3.8, 4) is 0 Å². The largest absolute Gasteiger partial charge is 0.371 e. The first-order chi connectivity index (χ1) is 11.1. The molecule has 126 valence electrons. The van der Waals surface area contributed by atoms with Gasteiger partial charge in [0.15, 0.2) is 0 Å². The van der Waals surface area contributed by atoms with E-state index < -0.39 is 6.04 Å². The van der Waals surface area contributed by atoms with Crippen molar-refractivity contribution in [1.29, 1.82) is 0 Å². The molecule has 2 unspecified atom stereocenters. The Labute approximate surface area is 138 Å². The normalized spacial score (nSPS) is 17.4. The number of nitrogens with zero attached hydrogens (tertiary/aromatic N) is 1. The third-order valence-electron chi connectivity index (χ3n) is 4.12. The van der Waals surface area contributed by atoms with Gasteiger partial charge in [-0.1, -0.05) is 30.3 Å². The van der Waals surface area contributed by atoms with E-state index in [0.717, 1.165) is 37.9 Å². The summed E-state index contributed by atoms with van der Waals surface area (Å²) in [4.78, 5) is 26.0. The van der Waals surface area contributed by atoms with E-state index in [4.69, 9.17) is 4.74 Å². The number of hydrogen-bond acceptors (Lipinski definition) is 3. The van der Waals surface area contributed by atoms with Gasteiger partial charge >= 0.3 is 0 Å². The van der Waals surface area contributed by atoms with Crippen molar-refractivity contribution in [2.45, 2.75) is 51.9 Å². The number of likely N-dealkylation sites (tertiary alicyclic amines) is 1. The molecule has 2 amide bonds. The summed E-state index contributed by atoms with van der Waals surface area (Å²) in [6.07, 6.45) is 2.83. The number of benzene rings is 1. The van der Waals surface area contributed by atoms with Crippen LogP contribution in [0.25, 0.3) is 0 Å². The van der Waals surface area contributed by atoms with Crippen LogP contribution in [-0.2, 0) is 20.9 Å². The number of carbonyl (C=O) groups is 2. The van der Waals surface area contributed by atoms with E-state index in [9.17, 15) is 9.59 Å². The highest BCUT2D eigenvalue weighted by atomic mass is 16.5. The monoisotopic (exact) mass is 318 g/mol. The summed E-state index contributed by atoms with van der Waals surface area (Å²) in [7, 11) is 0. The molecule has 5 heteroatoms. The Kier molecular flexibility index (Phi) is 6.59. The van der Waals surface area contributed by atoms with Gasteiger partial charge in [0.05, 0.1) is 12.7 Å². The maximum atomic E-state index is 12.7. The molecule has 1 N–H and O–H groups in total. The highest BCUT2D eigenvalue weighted by Crippen LogP contribution is 2.13. The molecular weight excluding hydrogens is 292 g/mol. The highest BCUT2D eigenvalue weighted by molar-refractivity contribution is 5.87. The van der Waals surface area contributed by atoms with Crippen molar-refractivity contribution < 1.29 is 14.3 Å². The first-order valence-corrected chi connectivity index (χ1v) is 8.29. The molecule has 2 rings (SSSR count). The van der Waals surface area contributed by atoms with Crippen molar-refractivity contribution in [1.82, 2.24) is 10.2 Å². The Hall–Kier alpha value is -1.88. The van der Waals surface area contributed by atoms with Crippen LogP contribution in [0.3, 0.4) is 0 Å². The van der Waals surface area contributed by atoms with Gasteiger partial charge in [-0.25, -0.2) is 0 Å². The molecule has 5 nitrogen and oxygen atoms in total. The van der Waals surface area contributed by atoms with Crippen LogP contribution < -0.4 is 5.32 Å². The van der Waals surface area contributed by atoms with E-state index in [0.29, 0.717) is 6.61 Å².